The van der Waals surface area contributed by atoms with Crippen molar-refractivity contribution in [3.63, 3.8) is 0 Å². The number of rotatable bonds is 1. The Bertz CT molecular complexity index is 1540. The fraction of sp³-hybridized carbons (Fsp3) is 0.143. The van der Waals surface area contributed by atoms with Gasteiger partial charge in [-0.2, -0.15) is 0 Å². The van der Waals surface area contributed by atoms with Crippen LogP contribution in [0.3, 0.4) is 0 Å². The normalized spacial score (nSPS) is 18.0. The minimum atomic E-state index is -1.33. The molecule has 1 aliphatic heterocycles. The van der Waals surface area contributed by atoms with Gasteiger partial charge in [-0.3, -0.25) is 19.0 Å². The molecule has 0 saturated carbocycles. The van der Waals surface area contributed by atoms with Crippen LogP contribution in [0.4, 0.5) is 10.2 Å². The van der Waals surface area contributed by atoms with Crippen LogP contribution >= 0.6 is 0 Å². The predicted molar refractivity (Wildman–Crippen MR) is 110 cm³/mol. The Morgan fingerprint density at radius 2 is 1.97 bits per heavy atom. The van der Waals surface area contributed by atoms with Gasteiger partial charge in [0.05, 0.1) is 16.3 Å². The molecule has 3 aromatic heterocycles. The van der Waals surface area contributed by atoms with Crippen LogP contribution in [0.1, 0.15) is 28.5 Å². The van der Waals surface area contributed by atoms with Crippen molar-refractivity contribution in [1.82, 2.24) is 19.9 Å². The summed E-state index contributed by atoms with van der Waals surface area (Å²) in [7, 11) is 0. The summed E-state index contributed by atoms with van der Waals surface area (Å²) in [6.07, 6.45) is 1.34. The Morgan fingerprint density at radius 3 is 2.70 bits per heavy atom. The molecule has 1 aromatic carbocycles. The largest absolute Gasteiger partial charge is 0.384 e. The van der Waals surface area contributed by atoms with Gasteiger partial charge < -0.3 is 16.0 Å². The molecule has 4 N–H and O–H groups in total. The second-order valence-corrected chi connectivity index (χ2v) is 7.51. The van der Waals surface area contributed by atoms with Crippen molar-refractivity contribution >= 4 is 33.5 Å². The molecule has 30 heavy (non-hydrogen) atoms. The van der Waals surface area contributed by atoms with E-state index in [1.807, 2.05) is 0 Å². The molecule has 0 bridgehead atoms. The molecular weight excluding hydrogens is 389 g/mol. The monoisotopic (exact) mass is 405 g/mol. The van der Waals surface area contributed by atoms with Gasteiger partial charge in [-0.05, 0) is 31.5 Å². The fourth-order valence-corrected chi connectivity index (χ4v) is 4.25. The number of halogens is 1. The highest BCUT2D eigenvalue weighted by molar-refractivity contribution is 6.03. The number of aromatic amines is 1. The van der Waals surface area contributed by atoms with E-state index in [9.17, 15) is 18.8 Å². The van der Waals surface area contributed by atoms with E-state index in [0.717, 1.165) is 0 Å². The van der Waals surface area contributed by atoms with Crippen molar-refractivity contribution in [2.45, 2.75) is 19.5 Å². The number of nitrogen functional groups attached to an aromatic ring is 1. The Balaban J connectivity index is 1.96. The Kier molecular flexibility index (Phi) is 3.46. The van der Waals surface area contributed by atoms with E-state index in [2.05, 4.69) is 15.3 Å². The van der Waals surface area contributed by atoms with Crippen molar-refractivity contribution in [3.8, 4) is 0 Å². The van der Waals surface area contributed by atoms with Gasteiger partial charge in [-0.25, -0.2) is 9.37 Å². The molecule has 0 fully saturated rings. The Hall–Kier alpha value is -4.01. The summed E-state index contributed by atoms with van der Waals surface area (Å²) in [5, 5.41) is 3.15. The lowest BCUT2D eigenvalue weighted by Gasteiger charge is -2.28. The molecule has 9 heteroatoms. The van der Waals surface area contributed by atoms with Crippen molar-refractivity contribution in [2.75, 3.05) is 5.73 Å². The number of hydrogen-bond acceptors (Lipinski definition) is 5. The maximum absolute atomic E-state index is 13.9. The summed E-state index contributed by atoms with van der Waals surface area (Å²) in [6.45, 7) is 3.22. The molecule has 5 rings (SSSR count). The van der Waals surface area contributed by atoms with E-state index < -0.39 is 28.4 Å². The van der Waals surface area contributed by atoms with Crippen molar-refractivity contribution in [2.24, 2.45) is 0 Å². The molecule has 4 aromatic rings. The first-order chi connectivity index (χ1) is 14.2. The number of carbonyl (C=O) groups excluding carboxylic acids is 1. The van der Waals surface area contributed by atoms with E-state index in [4.69, 9.17) is 5.73 Å². The molecule has 1 unspecified atom stereocenters. The third kappa shape index (κ3) is 2.20. The predicted octanol–water partition coefficient (Wildman–Crippen LogP) is 1.73. The van der Waals surface area contributed by atoms with Crippen molar-refractivity contribution in [3.05, 3.63) is 79.7 Å². The molecule has 0 spiro atoms. The van der Waals surface area contributed by atoms with Crippen LogP contribution < -0.4 is 22.0 Å². The molecule has 0 aliphatic carbocycles. The number of aryl methyl sites for hydroxylation is 1. The summed E-state index contributed by atoms with van der Waals surface area (Å²) in [6, 6.07) is 7.14. The molecule has 0 saturated heterocycles. The average Bonchev–Trinajstić information content (AvgIpc) is 2.97. The van der Waals surface area contributed by atoms with Gasteiger partial charge in [0.1, 0.15) is 28.5 Å². The number of aromatic nitrogens is 3. The van der Waals surface area contributed by atoms with E-state index in [-0.39, 0.29) is 27.8 Å². The Morgan fingerprint density at radius 1 is 1.20 bits per heavy atom. The van der Waals surface area contributed by atoms with Crippen LogP contribution in [0.15, 0.2) is 46.1 Å². The van der Waals surface area contributed by atoms with Gasteiger partial charge >= 0.3 is 0 Å². The minimum absolute atomic E-state index is 0.0403. The topological polar surface area (TPSA) is 123 Å². The first-order valence-corrected chi connectivity index (χ1v) is 9.18. The molecule has 1 amide bonds. The zero-order valence-electron chi connectivity index (χ0n) is 16.0. The maximum atomic E-state index is 13.9. The Labute approximate surface area is 168 Å². The van der Waals surface area contributed by atoms with E-state index in [1.54, 1.807) is 19.9 Å². The lowest BCUT2D eigenvalue weighted by molar-refractivity contribution is 0.0941. The van der Waals surface area contributed by atoms with Gasteiger partial charge in [0.15, 0.2) is 5.43 Å². The van der Waals surface area contributed by atoms with Crippen molar-refractivity contribution < 1.29 is 9.18 Å². The number of nitrogens with one attached hydrogen (secondary N) is 2. The van der Waals surface area contributed by atoms with Gasteiger partial charge in [0.2, 0.25) is 0 Å². The maximum Gasteiger partial charge on any atom is 0.277 e. The number of anilines is 1. The second kappa shape index (κ2) is 5.76. The molecule has 0 radical (unpaired) electrons. The number of H-pyrrole nitrogens is 1. The van der Waals surface area contributed by atoms with Gasteiger partial charge in [-0.1, -0.05) is 12.1 Å². The number of carbonyl (C=O) groups is 1. The molecule has 1 aliphatic rings. The van der Waals surface area contributed by atoms with Gasteiger partial charge in [0, 0.05) is 17.8 Å². The summed E-state index contributed by atoms with van der Waals surface area (Å²) in [4.78, 5) is 46.5. The van der Waals surface area contributed by atoms with Crippen LogP contribution in [0.2, 0.25) is 0 Å². The third-order valence-electron chi connectivity index (χ3n) is 5.68. The molecule has 150 valence electrons. The number of pyridine rings is 3. The van der Waals surface area contributed by atoms with E-state index >= 15 is 0 Å². The van der Waals surface area contributed by atoms with E-state index in [0.29, 0.717) is 16.6 Å². The molecular formula is C21H16FN5O3. The van der Waals surface area contributed by atoms with Crippen molar-refractivity contribution in [1.29, 1.82) is 0 Å². The third-order valence-corrected chi connectivity index (χ3v) is 5.68. The zero-order valence-corrected chi connectivity index (χ0v) is 16.0. The number of nitrogens with zero attached hydrogens (tertiary/aromatic N) is 2. The molecule has 4 heterocycles. The number of amides is 1. The number of nitrogens with two attached hydrogens (primary N) is 1. The van der Waals surface area contributed by atoms with E-state index in [1.165, 1.54) is 35.0 Å². The summed E-state index contributed by atoms with van der Waals surface area (Å²) in [5.74, 6) is -0.825. The summed E-state index contributed by atoms with van der Waals surface area (Å²) < 4.78 is 15.2. The number of fused-ring (bicyclic) bond motifs is 3. The SMILES string of the molecule is Cc1c2n(c(=O)c3[nH]c4cc(N)ncc4c(=O)c13)C(C)(c1cccc(F)c1)NC2=O. The highest BCUT2D eigenvalue weighted by atomic mass is 19.1. The first-order valence-electron chi connectivity index (χ1n) is 9.18. The van der Waals surface area contributed by atoms with Gasteiger partial charge in [-0.15, -0.1) is 0 Å². The average molecular weight is 405 g/mol. The quantitative estimate of drug-likeness (QED) is 0.416. The summed E-state index contributed by atoms with van der Waals surface area (Å²) in [5.41, 5.74) is 4.61. The number of hydrogen-bond donors (Lipinski definition) is 3. The standard InChI is InChI=1S/C21H16FN5O3/c1-9-15-16(25-13-7-14(23)24-8-12(13)18(15)28)20(30)27-17(9)19(29)26-21(27,2)10-4-3-5-11(22)6-10/h3-8H,1-2H3,(H2,23,24)(H,25,28)(H,26,29). The minimum Gasteiger partial charge on any atom is -0.384 e. The molecule has 8 nitrogen and oxygen atoms in total. The number of benzene rings is 1. The van der Waals surface area contributed by atoms with Crippen LogP contribution in [-0.2, 0) is 5.66 Å². The summed E-state index contributed by atoms with van der Waals surface area (Å²) >= 11 is 0. The van der Waals surface area contributed by atoms with Crippen LogP contribution in [-0.4, -0.2) is 20.4 Å². The van der Waals surface area contributed by atoms with Crippen LogP contribution in [0.5, 0.6) is 0 Å². The highest BCUT2D eigenvalue weighted by Gasteiger charge is 2.43. The smallest absolute Gasteiger partial charge is 0.277 e. The van der Waals surface area contributed by atoms with Crippen LogP contribution in [0.25, 0.3) is 21.8 Å². The van der Waals surface area contributed by atoms with Gasteiger partial charge in [0.25, 0.3) is 11.5 Å². The highest BCUT2D eigenvalue weighted by Crippen LogP contribution is 2.32. The fourth-order valence-electron chi connectivity index (χ4n) is 4.25. The lowest BCUT2D eigenvalue weighted by Crippen LogP contribution is -2.46. The first kappa shape index (κ1) is 18.0. The second-order valence-electron chi connectivity index (χ2n) is 7.51. The lowest BCUT2D eigenvalue weighted by atomic mass is 10.0. The zero-order chi connectivity index (χ0) is 21.4. The molecule has 1 atom stereocenters. The van der Waals surface area contributed by atoms with Crippen LogP contribution in [0, 0.1) is 12.7 Å².